The van der Waals surface area contributed by atoms with Crippen molar-refractivity contribution in [2.45, 2.75) is 32.4 Å². The fraction of sp³-hybridized carbons (Fsp3) is 0.375. The zero-order chi connectivity index (χ0) is 22.8. The van der Waals surface area contributed by atoms with Crippen molar-refractivity contribution >= 4 is 28.5 Å². The number of likely N-dealkylation sites (N-methyl/N-ethyl adjacent to an activating group) is 2. The Balaban J connectivity index is 1.45. The van der Waals surface area contributed by atoms with Crippen LogP contribution in [0.15, 0.2) is 47.3 Å². The van der Waals surface area contributed by atoms with E-state index in [1.807, 2.05) is 18.9 Å². The van der Waals surface area contributed by atoms with E-state index in [1.165, 1.54) is 0 Å². The molecule has 8 nitrogen and oxygen atoms in total. The molecule has 0 saturated carbocycles. The second kappa shape index (κ2) is 9.00. The highest BCUT2D eigenvalue weighted by Crippen LogP contribution is 2.19. The molecule has 1 aromatic heterocycles. The number of anilines is 1. The molecule has 2 amide bonds. The minimum atomic E-state index is -0.273. The van der Waals surface area contributed by atoms with Gasteiger partial charge in [0.15, 0.2) is 0 Å². The molecule has 1 fully saturated rings. The Bertz CT molecular complexity index is 1190. The second-order valence-electron chi connectivity index (χ2n) is 8.41. The van der Waals surface area contributed by atoms with Crippen molar-refractivity contribution in [3.05, 3.63) is 64.1 Å². The number of nitrogens with one attached hydrogen (secondary N) is 2. The summed E-state index contributed by atoms with van der Waals surface area (Å²) < 4.78 is 1.59. The standard InChI is InChI=1S/C24H29N5O3/c1-4-29-21-14-17(9-12-20(21)26-24(29)32)22(30)25-18-10-7-16(8-11-18)23(31)28(3)19-6-5-13-27(2)15-19/h7-12,14,19H,4-6,13,15H2,1-3H3,(H,25,30)(H,26,32). The zero-order valence-corrected chi connectivity index (χ0v) is 18.7. The SMILES string of the molecule is CCn1c(=O)[nH]c2ccc(C(=O)Nc3ccc(C(=O)N(C)C4CCCN(C)C4)cc3)cc21. The average Bonchev–Trinajstić information content (AvgIpc) is 3.12. The monoisotopic (exact) mass is 435 g/mol. The third kappa shape index (κ3) is 4.31. The number of carbonyl (C=O) groups excluding carboxylic acids is 2. The lowest BCUT2D eigenvalue weighted by molar-refractivity contribution is 0.0644. The van der Waals surface area contributed by atoms with Crippen LogP contribution >= 0.6 is 0 Å². The minimum absolute atomic E-state index is 0.0152. The molecule has 2 N–H and O–H groups in total. The first-order valence-corrected chi connectivity index (χ1v) is 11.0. The third-order valence-electron chi connectivity index (χ3n) is 6.21. The molecule has 8 heteroatoms. The lowest BCUT2D eigenvalue weighted by atomic mass is 10.0. The smallest absolute Gasteiger partial charge is 0.326 e. The molecule has 0 radical (unpaired) electrons. The van der Waals surface area contributed by atoms with Crippen LogP contribution < -0.4 is 11.0 Å². The van der Waals surface area contributed by atoms with Gasteiger partial charge in [0, 0.05) is 43.0 Å². The van der Waals surface area contributed by atoms with Crippen LogP contribution in [0.3, 0.4) is 0 Å². The number of hydrogen-bond donors (Lipinski definition) is 2. The Hall–Kier alpha value is -3.39. The summed E-state index contributed by atoms with van der Waals surface area (Å²) in [4.78, 5) is 44.4. The first-order chi connectivity index (χ1) is 15.4. The van der Waals surface area contributed by atoms with Crippen molar-refractivity contribution < 1.29 is 9.59 Å². The Morgan fingerprint density at radius 1 is 1.16 bits per heavy atom. The molecule has 168 valence electrons. The first-order valence-electron chi connectivity index (χ1n) is 11.0. The first kappa shape index (κ1) is 21.8. The number of likely N-dealkylation sites (tertiary alicyclic amines) is 1. The predicted octanol–water partition coefficient (Wildman–Crippen LogP) is 2.77. The highest BCUT2D eigenvalue weighted by molar-refractivity contribution is 6.06. The quantitative estimate of drug-likeness (QED) is 0.645. The predicted molar refractivity (Wildman–Crippen MR) is 125 cm³/mol. The van der Waals surface area contributed by atoms with E-state index >= 15 is 0 Å². The highest BCUT2D eigenvalue weighted by Gasteiger charge is 2.25. The van der Waals surface area contributed by atoms with Gasteiger partial charge in [-0.2, -0.15) is 0 Å². The summed E-state index contributed by atoms with van der Waals surface area (Å²) in [6.07, 6.45) is 2.10. The van der Waals surface area contributed by atoms with Crippen molar-refractivity contribution in [1.29, 1.82) is 0 Å². The van der Waals surface area contributed by atoms with Gasteiger partial charge in [0.25, 0.3) is 11.8 Å². The van der Waals surface area contributed by atoms with Crippen molar-refractivity contribution in [3.63, 3.8) is 0 Å². The van der Waals surface area contributed by atoms with Crippen molar-refractivity contribution in [1.82, 2.24) is 19.4 Å². The molecule has 1 atom stereocenters. The molecule has 2 heterocycles. The Kier molecular flexibility index (Phi) is 6.14. The van der Waals surface area contributed by atoms with E-state index in [0.29, 0.717) is 34.4 Å². The van der Waals surface area contributed by atoms with Gasteiger partial charge in [0.05, 0.1) is 11.0 Å². The fourth-order valence-electron chi connectivity index (χ4n) is 4.33. The van der Waals surface area contributed by atoms with Crippen LogP contribution in [0.4, 0.5) is 5.69 Å². The molecule has 3 aromatic rings. The van der Waals surface area contributed by atoms with Gasteiger partial charge in [-0.25, -0.2) is 4.79 Å². The number of hydrogen-bond acceptors (Lipinski definition) is 4. The van der Waals surface area contributed by atoms with Crippen LogP contribution in [0.25, 0.3) is 11.0 Å². The molecule has 0 bridgehead atoms. The number of imidazole rings is 1. The van der Waals surface area contributed by atoms with Gasteiger partial charge in [0.1, 0.15) is 0 Å². The van der Waals surface area contributed by atoms with Gasteiger partial charge in [-0.1, -0.05) is 0 Å². The van der Waals surface area contributed by atoms with Gasteiger partial charge in [-0.05, 0) is 75.8 Å². The topological polar surface area (TPSA) is 90.4 Å². The maximum atomic E-state index is 12.9. The number of aromatic amines is 1. The summed E-state index contributed by atoms with van der Waals surface area (Å²) >= 11 is 0. The molecular formula is C24H29N5O3. The van der Waals surface area contributed by atoms with Gasteiger partial charge >= 0.3 is 5.69 Å². The molecule has 0 aliphatic carbocycles. The van der Waals surface area contributed by atoms with E-state index in [2.05, 4.69) is 22.2 Å². The number of piperidine rings is 1. The van der Waals surface area contributed by atoms with E-state index in [4.69, 9.17) is 0 Å². The molecule has 1 aliphatic heterocycles. The van der Waals surface area contributed by atoms with Gasteiger partial charge in [-0.3, -0.25) is 14.2 Å². The second-order valence-corrected chi connectivity index (χ2v) is 8.41. The summed E-state index contributed by atoms with van der Waals surface area (Å²) in [6.45, 7) is 4.35. The molecule has 4 rings (SSSR count). The van der Waals surface area contributed by atoms with Crippen LogP contribution in [-0.4, -0.2) is 64.4 Å². The number of aryl methyl sites for hydroxylation is 1. The fourth-order valence-corrected chi connectivity index (χ4v) is 4.33. The number of benzene rings is 2. The summed E-state index contributed by atoms with van der Waals surface area (Å²) in [5.41, 5.74) is 2.87. The molecule has 0 spiro atoms. The average molecular weight is 436 g/mol. The van der Waals surface area contributed by atoms with Crippen molar-refractivity contribution in [2.24, 2.45) is 0 Å². The van der Waals surface area contributed by atoms with Crippen LogP contribution in [-0.2, 0) is 6.54 Å². The number of nitrogens with zero attached hydrogens (tertiary/aromatic N) is 3. The van der Waals surface area contributed by atoms with Gasteiger partial charge in [-0.15, -0.1) is 0 Å². The summed E-state index contributed by atoms with van der Waals surface area (Å²) in [5, 5.41) is 2.86. The number of amides is 2. The molecular weight excluding hydrogens is 406 g/mol. The normalized spacial score (nSPS) is 16.8. The van der Waals surface area contributed by atoms with Crippen molar-refractivity contribution in [2.75, 3.05) is 32.5 Å². The molecule has 1 saturated heterocycles. The van der Waals surface area contributed by atoms with Crippen LogP contribution in [0.2, 0.25) is 0 Å². The Labute approximate surface area is 186 Å². The maximum absolute atomic E-state index is 12.9. The zero-order valence-electron chi connectivity index (χ0n) is 18.7. The number of rotatable bonds is 5. The highest BCUT2D eigenvalue weighted by atomic mass is 16.2. The number of aromatic nitrogens is 2. The van der Waals surface area contributed by atoms with Crippen LogP contribution in [0.5, 0.6) is 0 Å². The molecule has 2 aromatic carbocycles. The number of carbonyl (C=O) groups is 2. The summed E-state index contributed by atoms with van der Waals surface area (Å²) in [5.74, 6) is -0.289. The number of H-pyrrole nitrogens is 1. The van der Waals surface area contributed by atoms with E-state index in [0.717, 1.165) is 25.9 Å². The lowest BCUT2D eigenvalue weighted by Crippen LogP contribution is -2.47. The minimum Gasteiger partial charge on any atom is -0.337 e. The van der Waals surface area contributed by atoms with Crippen molar-refractivity contribution in [3.8, 4) is 0 Å². The molecule has 1 unspecified atom stereocenters. The Morgan fingerprint density at radius 2 is 1.88 bits per heavy atom. The summed E-state index contributed by atoms with van der Waals surface area (Å²) in [7, 11) is 3.94. The van der Waals surface area contributed by atoms with E-state index in [-0.39, 0.29) is 23.5 Å². The van der Waals surface area contributed by atoms with Crippen LogP contribution in [0.1, 0.15) is 40.5 Å². The maximum Gasteiger partial charge on any atom is 0.326 e. The van der Waals surface area contributed by atoms with Gasteiger partial charge < -0.3 is 20.1 Å². The van der Waals surface area contributed by atoms with E-state index in [1.54, 1.807) is 47.0 Å². The molecule has 32 heavy (non-hydrogen) atoms. The van der Waals surface area contributed by atoms with E-state index in [9.17, 15) is 14.4 Å². The lowest BCUT2D eigenvalue weighted by Gasteiger charge is -2.35. The summed E-state index contributed by atoms with van der Waals surface area (Å²) in [6, 6.07) is 12.3. The Morgan fingerprint density at radius 3 is 2.56 bits per heavy atom. The third-order valence-corrected chi connectivity index (χ3v) is 6.21. The molecule has 1 aliphatic rings. The largest absolute Gasteiger partial charge is 0.337 e. The van der Waals surface area contributed by atoms with Gasteiger partial charge in [0.2, 0.25) is 0 Å². The van der Waals surface area contributed by atoms with Crippen LogP contribution in [0, 0.1) is 0 Å². The number of fused-ring (bicyclic) bond motifs is 1. The van der Waals surface area contributed by atoms with E-state index < -0.39 is 0 Å².